The Kier molecular flexibility index (Phi) is 5.59. The number of aliphatic hydroxyl groups is 1. The molecule has 10 heteroatoms. The normalized spacial score (nSPS) is 23.1. The molecule has 4 heterocycles. The zero-order valence-corrected chi connectivity index (χ0v) is 18.2. The monoisotopic (exact) mass is 448 g/mol. The number of nitrogens with one attached hydrogen (secondary N) is 1. The highest BCUT2D eigenvalue weighted by atomic mass is 35.5. The molecule has 2 aromatic heterocycles. The van der Waals surface area contributed by atoms with Gasteiger partial charge in [0, 0.05) is 49.5 Å². The number of aliphatic hydroxyl groups excluding tert-OH is 1. The molecular formula is C20H25ClN6O2S. The number of nitrogens with zero attached hydrogens (tertiary/aromatic N) is 5. The highest BCUT2D eigenvalue weighted by molar-refractivity contribution is 7.85. The number of aromatic nitrogens is 4. The van der Waals surface area contributed by atoms with Crippen molar-refractivity contribution in [2.24, 2.45) is 5.92 Å². The molecule has 3 aliphatic rings. The summed E-state index contributed by atoms with van der Waals surface area (Å²) >= 11 is 5.90. The highest BCUT2D eigenvalue weighted by Gasteiger charge is 2.32. The molecule has 8 nitrogen and oxygen atoms in total. The third-order valence-electron chi connectivity index (χ3n) is 6.34. The minimum atomic E-state index is -1.11. The van der Waals surface area contributed by atoms with E-state index >= 15 is 0 Å². The number of halogens is 1. The largest absolute Gasteiger partial charge is 0.373 e. The number of rotatable bonds is 5. The molecule has 1 aliphatic carbocycles. The Morgan fingerprint density at radius 2 is 1.90 bits per heavy atom. The van der Waals surface area contributed by atoms with Gasteiger partial charge in [-0.2, -0.15) is 4.98 Å². The van der Waals surface area contributed by atoms with Gasteiger partial charge in [-0.1, -0.05) is 18.0 Å². The van der Waals surface area contributed by atoms with Crippen LogP contribution in [0.1, 0.15) is 49.5 Å². The third-order valence-corrected chi connectivity index (χ3v) is 7.99. The Bertz CT molecular complexity index is 947. The first-order valence-electron chi connectivity index (χ1n) is 10.5. The molecule has 0 amide bonds. The molecule has 5 rings (SSSR count). The molecule has 2 N–H and O–H groups in total. The van der Waals surface area contributed by atoms with Crippen LogP contribution in [-0.4, -0.2) is 54.3 Å². The van der Waals surface area contributed by atoms with Crippen molar-refractivity contribution >= 4 is 34.2 Å². The molecule has 1 saturated heterocycles. The summed E-state index contributed by atoms with van der Waals surface area (Å²) in [4.78, 5) is 21.0. The van der Waals surface area contributed by atoms with E-state index in [0.29, 0.717) is 39.8 Å². The first-order chi connectivity index (χ1) is 14.6. The number of hydrogen-bond acceptors (Lipinski definition) is 8. The van der Waals surface area contributed by atoms with E-state index in [-0.39, 0.29) is 5.92 Å². The number of fused-ring (bicyclic) bond motifs is 1. The van der Waals surface area contributed by atoms with Crippen LogP contribution in [0.4, 0.5) is 11.8 Å². The van der Waals surface area contributed by atoms with Crippen LogP contribution in [0.2, 0.25) is 5.02 Å². The Balaban J connectivity index is 1.34. The number of hydrogen-bond donors (Lipinski definition) is 2. The lowest BCUT2D eigenvalue weighted by Crippen LogP contribution is -2.36. The van der Waals surface area contributed by atoms with Gasteiger partial charge >= 0.3 is 0 Å². The van der Waals surface area contributed by atoms with Crippen molar-refractivity contribution in [1.29, 1.82) is 0 Å². The minimum Gasteiger partial charge on any atom is -0.373 e. The van der Waals surface area contributed by atoms with Gasteiger partial charge in [0.15, 0.2) is 0 Å². The predicted molar refractivity (Wildman–Crippen MR) is 115 cm³/mol. The molecule has 2 fully saturated rings. The lowest BCUT2D eigenvalue weighted by molar-refractivity contribution is 0.0846. The summed E-state index contributed by atoms with van der Waals surface area (Å²) in [7, 11) is -1.11. The fourth-order valence-electron chi connectivity index (χ4n) is 4.31. The predicted octanol–water partition coefficient (Wildman–Crippen LogP) is 2.50. The van der Waals surface area contributed by atoms with Gasteiger partial charge in [-0.15, -0.1) is 0 Å². The van der Waals surface area contributed by atoms with Crippen LogP contribution in [0.5, 0.6) is 0 Å². The smallest absolute Gasteiger partial charge is 0.227 e. The zero-order valence-electron chi connectivity index (χ0n) is 16.6. The molecule has 2 atom stereocenters. The van der Waals surface area contributed by atoms with E-state index in [1.807, 2.05) is 0 Å². The van der Waals surface area contributed by atoms with Crippen molar-refractivity contribution in [2.75, 3.05) is 29.1 Å². The summed E-state index contributed by atoms with van der Waals surface area (Å²) in [5.74, 6) is 3.11. The second-order valence-electron chi connectivity index (χ2n) is 8.25. The minimum absolute atomic E-state index is 0.240. The van der Waals surface area contributed by atoms with Crippen LogP contribution in [-0.2, 0) is 17.2 Å². The average Bonchev–Trinajstić information content (AvgIpc) is 3.08. The van der Waals surface area contributed by atoms with Crippen LogP contribution in [0.15, 0.2) is 17.3 Å². The van der Waals surface area contributed by atoms with Gasteiger partial charge in [0.25, 0.3) is 0 Å². The maximum atomic E-state index is 12.5. The first-order valence-corrected chi connectivity index (χ1v) is 12.2. The lowest BCUT2D eigenvalue weighted by Gasteiger charge is -2.33. The molecule has 2 aliphatic heterocycles. The number of anilines is 2. The van der Waals surface area contributed by atoms with E-state index in [1.54, 1.807) is 12.4 Å². The van der Waals surface area contributed by atoms with Crippen LogP contribution in [0, 0.1) is 5.92 Å². The summed E-state index contributed by atoms with van der Waals surface area (Å²) in [6, 6.07) is 0. The number of piperidine rings is 1. The van der Waals surface area contributed by atoms with Crippen LogP contribution >= 0.6 is 11.6 Å². The molecule has 1 saturated carbocycles. The number of aryl methyl sites for hydroxylation is 1. The summed E-state index contributed by atoms with van der Waals surface area (Å²) in [6.07, 6.45) is 8.29. The highest BCUT2D eigenvalue weighted by Crippen LogP contribution is 2.35. The molecular weight excluding hydrogens is 424 g/mol. The van der Waals surface area contributed by atoms with Gasteiger partial charge in [0.1, 0.15) is 22.8 Å². The summed E-state index contributed by atoms with van der Waals surface area (Å²) in [5.41, 5.74) is 0.838. The molecule has 160 valence electrons. The molecule has 2 unspecified atom stereocenters. The van der Waals surface area contributed by atoms with Crippen molar-refractivity contribution in [3.8, 4) is 0 Å². The van der Waals surface area contributed by atoms with Crippen molar-refractivity contribution in [3.05, 3.63) is 28.9 Å². The average molecular weight is 449 g/mol. The third kappa shape index (κ3) is 3.90. The van der Waals surface area contributed by atoms with Crippen molar-refractivity contribution in [3.63, 3.8) is 0 Å². The van der Waals surface area contributed by atoms with E-state index in [0.717, 1.165) is 56.7 Å². The molecule has 0 spiro atoms. The standard InChI is InChI=1S/C20H25ClN6O2S/c21-14-10-22-17(23-11-14)12-4-7-27(8-5-12)20-24-15-6-9-30(29)16(15)18(26-20)25-19(28)13-2-1-3-13/h10-13,19,28H,1-9H2,(H,24,25,26). The fourth-order valence-corrected chi connectivity index (χ4v) is 5.72. The van der Waals surface area contributed by atoms with Crippen molar-refractivity contribution in [2.45, 2.75) is 55.6 Å². The fraction of sp³-hybridized carbons (Fsp3) is 0.600. The molecule has 2 aromatic rings. The Labute approximate surface area is 183 Å². The molecule has 30 heavy (non-hydrogen) atoms. The second kappa shape index (κ2) is 8.36. The Morgan fingerprint density at radius 1 is 1.17 bits per heavy atom. The summed E-state index contributed by atoms with van der Waals surface area (Å²) < 4.78 is 12.5. The quantitative estimate of drug-likeness (QED) is 0.672. The van der Waals surface area contributed by atoms with E-state index < -0.39 is 17.0 Å². The maximum absolute atomic E-state index is 12.5. The molecule has 0 bridgehead atoms. The van der Waals surface area contributed by atoms with Gasteiger partial charge in [-0.05, 0) is 25.7 Å². The van der Waals surface area contributed by atoms with Crippen LogP contribution in [0.3, 0.4) is 0 Å². The Morgan fingerprint density at radius 3 is 2.57 bits per heavy atom. The van der Waals surface area contributed by atoms with E-state index in [2.05, 4.69) is 20.2 Å². The SMILES string of the molecule is O=S1CCc2nc(N3CCC(c4ncc(Cl)cn4)CC3)nc(NC(O)C3CCC3)c21. The van der Waals surface area contributed by atoms with Crippen LogP contribution < -0.4 is 10.2 Å². The first kappa shape index (κ1) is 20.1. The van der Waals surface area contributed by atoms with Gasteiger partial charge < -0.3 is 15.3 Å². The topological polar surface area (TPSA) is 104 Å². The van der Waals surface area contributed by atoms with Crippen molar-refractivity contribution < 1.29 is 9.32 Å². The van der Waals surface area contributed by atoms with Crippen LogP contribution in [0.25, 0.3) is 0 Å². The van der Waals surface area contributed by atoms with Crippen molar-refractivity contribution in [1.82, 2.24) is 19.9 Å². The summed E-state index contributed by atoms with van der Waals surface area (Å²) in [6.45, 7) is 1.59. The van der Waals surface area contributed by atoms with E-state index in [4.69, 9.17) is 21.6 Å². The van der Waals surface area contributed by atoms with Gasteiger partial charge in [-0.25, -0.2) is 15.0 Å². The molecule has 0 aromatic carbocycles. The van der Waals surface area contributed by atoms with Gasteiger partial charge in [0.2, 0.25) is 5.95 Å². The maximum Gasteiger partial charge on any atom is 0.227 e. The molecule has 0 radical (unpaired) electrons. The zero-order chi connectivity index (χ0) is 20.7. The van der Waals surface area contributed by atoms with E-state index in [9.17, 15) is 9.32 Å². The lowest BCUT2D eigenvalue weighted by atomic mass is 9.84. The Hall–Kier alpha value is -1.84. The second-order valence-corrected chi connectivity index (χ2v) is 10.2. The van der Waals surface area contributed by atoms with Gasteiger partial charge in [-0.3, -0.25) is 4.21 Å². The summed E-state index contributed by atoms with van der Waals surface area (Å²) in [5, 5.41) is 14.2. The van der Waals surface area contributed by atoms with E-state index in [1.165, 1.54) is 0 Å². The van der Waals surface area contributed by atoms with Gasteiger partial charge in [0.05, 0.1) is 21.5 Å².